The molecule has 0 radical (unpaired) electrons. The fraction of sp³-hybridized carbons (Fsp3) is 0.250. The molecule has 0 bridgehead atoms. The predicted octanol–water partition coefficient (Wildman–Crippen LogP) is 2.07. The Kier molecular flexibility index (Phi) is 4.96. The number of cyclic esters (lactones) is 1. The van der Waals surface area contributed by atoms with E-state index >= 15 is 0 Å². The maximum Gasteiger partial charge on any atom is 0.347 e. The maximum atomic E-state index is 12.2. The monoisotopic (exact) mass is 372 g/mol. The van der Waals surface area contributed by atoms with Crippen LogP contribution >= 0.6 is 0 Å². The lowest BCUT2D eigenvalue weighted by molar-refractivity contribution is -0.151. The number of hydrogen-bond acceptors (Lipinski definition) is 7. The van der Waals surface area contributed by atoms with E-state index in [9.17, 15) is 20.1 Å². The van der Waals surface area contributed by atoms with Crippen LogP contribution in [0.1, 0.15) is 11.1 Å². The third kappa shape index (κ3) is 3.54. The van der Waals surface area contributed by atoms with Crippen LogP contribution in [0.3, 0.4) is 0 Å². The molecule has 0 spiro atoms. The van der Waals surface area contributed by atoms with Gasteiger partial charge >= 0.3 is 5.97 Å². The molecule has 27 heavy (non-hydrogen) atoms. The van der Waals surface area contributed by atoms with Gasteiger partial charge in [-0.05, 0) is 35.4 Å². The predicted molar refractivity (Wildman–Crippen MR) is 95.9 cm³/mol. The van der Waals surface area contributed by atoms with Crippen LogP contribution in [0.5, 0.6) is 23.0 Å². The Hall–Kier alpha value is -3.19. The molecule has 0 fully saturated rings. The van der Waals surface area contributed by atoms with Gasteiger partial charge in [0, 0.05) is 18.4 Å². The zero-order valence-electron chi connectivity index (χ0n) is 14.9. The number of phenolic OH excluding ortho intramolecular Hbond substituents is 2. The lowest BCUT2D eigenvalue weighted by atomic mass is 9.85. The Morgan fingerprint density at radius 2 is 1.52 bits per heavy atom. The van der Waals surface area contributed by atoms with Gasteiger partial charge in [0.1, 0.15) is 0 Å². The Labute approximate surface area is 156 Å². The van der Waals surface area contributed by atoms with Crippen LogP contribution in [0, 0.1) is 0 Å². The first-order chi connectivity index (χ1) is 12.9. The molecule has 0 aliphatic carbocycles. The third-order valence-corrected chi connectivity index (χ3v) is 4.52. The van der Waals surface area contributed by atoms with Crippen LogP contribution in [-0.2, 0) is 22.4 Å². The molecular formula is C20H20O7. The second kappa shape index (κ2) is 7.20. The minimum absolute atomic E-state index is 0.000396. The van der Waals surface area contributed by atoms with Crippen molar-refractivity contribution in [2.75, 3.05) is 14.2 Å². The lowest BCUT2D eigenvalue weighted by Crippen LogP contribution is -2.40. The highest BCUT2D eigenvalue weighted by Gasteiger charge is 2.46. The Morgan fingerprint density at radius 1 is 0.963 bits per heavy atom. The van der Waals surface area contributed by atoms with Crippen molar-refractivity contribution >= 4 is 5.97 Å². The number of methoxy groups -OCH3 is 2. The van der Waals surface area contributed by atoms with Gasteiger partial charge in [-0.2, -0.15) is 0 Å². The minimum atomic E-state index is -1.84. The van der Waals surface area contributed by atoms with Gasteiger partial charge in [-0.15, -0.1) is 0 Å². The summed E-state index contributed by atoms with van der Waals surface area (Å²) in [6.45, 7) is 0. The Bertz CT molecular complexity index is 903. The summed E-state index contributed by atoms with van der Waals surface area (Å²) in [5, 5.41) is 30.4. The summed E-state index contributed by atoms with van der Waals surface area (Å²) < 4.78 is 15.1. The largest absolute Gasteiger partial charge is 0.504 e. The van der Waals surface area contributed by atoms with Crippen molar-refractivity contribution in [3.05, 3.63) is 59.4 Å². The van der Waals surface area contributed by atoms with E-state index in [1.165, 1.54) is 32.6 Å². The summed E-state index contributed by atoms with van der Waals surface area (Å²) in [4.78, 5) is 12.2. The number of esters is 1. The van der Waals surface area contributed by atoms with E-state index in [4.69, 9.17) is 14.2 Å². The van der Waals surface area contributed by atoms with Gasteiger partial charge in [0.05, 0.1) is 20.5 Å². The van der Waals surface area contributed by atoms with Gasteiger partial charge in [0.15, 0.2) is 28.6 Å². The highest BCUT2D eigenvalue weighted by Crippen LogP contribution is 2.35. The molecule has 0 saturated carbocycles. The number of benzene rings is 2. The smallest absolute Gasteiger partial charge is 0.347 e. The molecule has 7 heteroatoms. The van der Waals surface area contributed by atoms with Crippen LogP contribution in [-0.4, -0.2) is 41.1 Å². The van der Waals surface area contributed by atoms with Crippen LogP contribution in [0.25, 0.3) is 0 Å². The van der Waals surface area contributed by atoms with E-state index in [0.717, 1.165) is 5.56 Å². The molecule has 3 rings (SSSR count). The van der Waals surface area contributed by atoms with Crippen molar-refractivity contribution in [2.45, 2.75) is 18.4 Å². The molecule has 1 aliphatic heterocycles. The Morgan fingerprint density at radius 3 is 2.11 bits per heavy atom. The van der Waals surface area contributed by atoms with Crippen molar-refractivity contribution in [1.82, 2.24) is 0 Å². The number of carbonyl (C=O) groups excluding carboxylic acids is 1. The molecule has 1 aliphatic rings. The molecule has 2 aromatic rings. The van der Waals surface area contributed by atoms with Crippen molar-refractivity contribution < 1.29 is 34.3 Å². The summed E-state index contributed by atoms with van der Waals surface area (Å²) >= 11 is 0. The normalized spacial score (nSPS) is 18.8. The second-order valence-corrected chi connectivity index (χ2v) is 6.27. The van der Waals surface area contributed by atoms with Gasteiger partial charge in [-0.1, -0.05) is 12.1 Å². The van der Waals surface area contributed by atoms with Crippen LogP contribution in [0.15, 0.2) is 48.2 Å². The number of aliphatic hydroxyl groups is 1. The van der Waals surface area contributed by atoms with Crippen molar-refractivity contribution in [1.29, 1.82) is 0 Å². The van der Waals surface area contributed by atoms with Gasteiger partial charge in [-0.3, -0.25) is 0 Å². The zero-order chi connectivity index (χ0) is 19.6. The summed E-state index contributed by atoms with van der Waals surface area (Å²) in [5.41, 5.74) is -0.129. The first kappa shape index (κ1) is 18.6. The van der Waals surface area contributed by atoms with Crippen molar-refractivity contribution in [2.24, 2.45) is 0 Å². The first-order valence-corrected chi connectivity index (χ1v) is 8.22. The van der Waals surface area contributed by atoms with Crippen LogP contribution in [0.4, 0.5) is 0 Å². The summed E-state index contributed by atoms with van der Waals surface area (Å²) in [5.74, 6) is -0.258. The third-order valence-electron chi connectivity index (χ3n) is 4.52. The van der Waals surface area contributed by atoms with E-state index < -0.39 is 11.6 Å². The lowest BCUT2D eigenvalue weighted by Gasteiger charge is -2.23. The van der Waals surface area contributed by atoms with Gasteiger partial charge in [0.25, 0.3) is 0 Å². The number of phenols is 2. The summed E-state index contributed by atoms with van der Waals surface area (Å²) in [7, 11) is 2.86. The summed E-state index contributed by atoms with van der Waals surface area (Å²) in [6, 6.07) is 9.37. The maximum absolute atomic E-state index is 12.2. The number of rotatable bonds is 6. The molecule has 0 aromatic heterocycles. The topological polar surface area (TPSA) is 105 Å². The number of ether oxygens (including phenoxy) is 3. The average molecular weight is 372 g/mol. The van der Waals surface area contributed by atoms with E-state index in [1.54, 1.807) is 24.3 Å². The van der Waals surface area contributed by atoms with E-state index in [0.29, 0.717) is 16.9 Å². The minimum Gasteiger partial charge on any atom is -0.504 e. The fourth-order valence-corrected chi connectivity index (χ4v) is 3.00. The van der Waals surface area contributed by atoms with E-state index in [-0.39, 0.29) is 30.1 Å². The Balaban J connectivity index is 1.87. The van der Waals surface area contributed by atoms with Crippen LogP contribution < -0.4 is 9.47 Å². The zero-order valence-corrected chi connectivity index (χ0v) is 14.9. The SMILES string of the molecule is COc1cc(CC2=COC(=O)C2(O)Cc2ccc(O)c(OC)c2)ccc1O. The fourth-order valence-electron chi connectivity index (χ4n) is 3.00. The molecular weight excluding hydrogens is 352 g/mol. The van der Waals surface area contributed by atoms with E-state index in [1.807, 2.05) is 0 Å². The molecule has 3 N–H and O–H groups in total. The highest BCUT2D eigenvalue weighted by atomic mass is 16.6. The van der Waals surface area contributed by atoms with Crippen molar-refractivity contribution in [3.8, 4) is 23.0 Å². The van der Waals surface area contributed by atoms with E-state index in [2.05, 4.69) is 0 Å². The molecule has 142 valence electrons. The quantitative estimate of drug-likeness (QED) is 0.667. The molecule has 1 heterocycles. The van der Waals surface area contributed by atoms with Gasteiger partial charge in [-0.25, -0.2) is 4.79 Å². The molecule has 1 unspecified atom stereocenters. The second-order valence-electron chi connectivity index (χ2n) is 6.27. The van der Waals surface area contributed by atoms with Gasteiger partial charge < -0.3 is 29.5 Å². The first-order valence-electron chi connectivity index (χ1n) is 8.22. The van der Waals surface area contributed by atoms with Crippen molar-refractivity contribution in [3.63, 3.8) is 0 Å². The molecule has 0 amide bonds. The standard InChI is InChI=1S/C20H20O7/c1-25-17-8-12(3-5-15(17)21)7-14-11-27-19(23)20(14,24)10-13-4-6-16(22)18(9-13)26-2/h3-6,8-9,11,21-22,24H,7,10H2,1-2H3. The van der Waals surface area contributed by atoms with Crippen LogP contribution in [0.2, 0.25) is 0 Å². The molecule has 7 nitrogen and oxygen atoms in total. The van der Waals surface area contributed by atoms with Gasteiger partial charge in [0.2, 0.25) is 0 Å². The highest BCUT2D eigenvalue weighted by molar-refractivity contribution is 5.87. The molecule has 2 aromatic carbocycles. The molecule has 0 saturated heterocycles. The number of hydrogen-bond donors (Lipinski definition) is 3. The number of carbonyl (C=O) groups is 1. The number of aromatic hydroxyl groups is 2. The summed E-state index contributed by atoms with van der Waals surface area (Å²) in [6.07, 6.45) is 1.44. The molecule has 1 atom stereocenters. The average Bonchev–Trinajstić information content (AvgIpc) is 2.92.